The normalized spacial score (nSPS) is 23.5. The second-order valence-electron chi connectivity index (χ2n) is 9.41. The zero-order valence-electron chi connectivity index (χ0n) is 20.7. The molecule has 2 heterocycles. The average molecular weight is 489 g/mol. The standard InChI is InChI=1S/C23H35F3N4O4/c1-7-17(23(24,25)26)15-27-18(8-2)28-9-11-29(12-10-28)19(31)22(6)16-30(13-14-33-22)20(32)34-21(3,4)5/h7-8,15H,9-14,16H2,1-6H3/b17-7+,18-8+,27-15-. The van der Waals surface area contributed by atoms with Gasteiger partial charge in [-0.05, 0) is 47.6 Å². The van der Waals surface area contributed by atoms with Crippen molar-refractivity contribution >= 4 is 18.2 Å². The Kier molecular flexibility index (Phi) is 8.79. The molecule has 0 radical (unpaired) electrons. The largest absolute Gasteiger partial charge is 0.444 e. The Morgan fingerprint density at radius 3 is 2.06 bits per heavy atom. The van der Waals surface area contributed by atoms with Crippen LogP contribution < -0.4 is 0 Å². The second kappa shape index (κ2) is 10.8. The fraction of sp³-hybridized carbons (Fsp3) is 0.696. The molecule has 192 valence electrons. The number of nitrogens with zero attached hydrogens (tertiary/aromatic N) is 4. The third kappa shape index (κ3) is 7.22. The van der Waals surface area contributed by atoms with E-state index >= 15 is 0 Å². The molecule has 0 aromatic rings. The predicted octanol–water partition coefficient (Wildman–Crippen LogP) is 3.60. The van der Waals surface area contributed by atoms with Gasteiger partial charge < -0.3 is 24.2 Å². The molecule has 1 atom stereocenters. The fourth-order valence-corrected chi connectivity index (χ4v) is 3.74. The fourth-order valence-electron chi connectivity index (χ4n) is 3.74. The molecular formula is C23H35F3N4O4. The Morgan fingerprint density at radius 2 is 1.56 bits per heavy atom. The van der Waals surface area contributed by atoms with Crippen LogP contribution in [0, 0.1) is 0 Å². The van der Waals surface area contributed by atoms with E-state index in [0.717, 1.165) is 12.3 Å². The number of morpholine rings is 1. The maximum Gasteiger partial charge on any atom is 0.417 e. The molecule has 2 aliphatic heterocycles. The molecule has 0 spiro atoms. The summed E-state index contributed by atoms with van der Waals surface area (Å²) in [7, 11) is 0. The van der Waals surface area contributed by atoms with Crippen LogP contribution in [0.15, 0.2) is 28.5 Å². The highest BCUT2D eigenvalue weighted by atomic mass is 19.4. The summed E-state index contributed by atoms with van der Waals surface area (Å²) in [5, 5.41) is 0. The lowest BCUT2D eigenvalue weighted by atomic mass is 10.0. The number of piperazine rings is 1. The van der Waals surface area contributed by atoms with Crippen LogP contribution in [0.5, 0.6) is 0 Å². The minimum atomic E-state index is -4.47. The first-order valence-corrected chi connectivity index (χ1v) is 11.3. The molecule has 11 heteroatoms. The molecule has 2 saturated heterocycles. The number of carbonyl (C=O) groups is 2. The smallest absolute Gasteiger partial charge is 0.417 e. The highest BCUT2D eigenvalue weighted by Crippen LogP contribution is 2.26. The summed E-state index contributed by atoms with van der Waals surface area (Å²) in [6.45, 7) is 12.2. The molecule has 0 aromatic carbocycles. The van der Waals surface area contributed by atoms with Gasteiger partial charge in [-0.25, -0.2) is 9.79 Å². The molecule has 0 bridgehead atoms. The number of rotatable bonds is 4. The van der Waals surface area contributed by atoms with Gasteiger partial charge in [0, 0.05) is 38.9 Å². The van der Waals surface area contributed by atoms with E-state index in [1.807, 2.05) is 4.90 Å². The van der Waals surface area contributed by atoms with Crippen molar-refractivity contribution in [3.63, 3.8) is 0 Å². The first-order valence-electron chi connectivity index (χ1n) is 11.3. The van der Waals surface area contributed by atoms with Crippen molar-refractivity contribution in [3.05, 3.63) is 23.5 Å². The lowest BCUT2D eigenvalue weighted by Gasteiger charge is -2.44. The summed E-state index contributed by atoms with van der Waals surface area (Å²) in [6, 6.07) is 0. The van der Waals surface area contributed by atoms with Gasteiger partial charge in [-0.1, -0.05) is 6.08 Å². The summed E-state index contributed by atoms with van der Waals surface area (Å²) in [4.78, 5) is 34.7. The van der Waals surface area contributed by atoms with Gasteiger partial charge in [0.15, 0.2) is 5.60 Å². The molecule has 0 aromatic heterocycles. The summed E-state index contributed by atoms with van der Waals surface area (Å²) in [6.07, 6.45) is -1.53. The molecule has 0 N–H and O–H groups in total. The zero-order valence-corrected chi connectivity index (χ0v) is 20.7. The highest BCUT2D eigenvalue weighted by Gasteiger charge is 2.44. The number of allylic oxidation sites excluding steroid dienone is 3. The van der Waals surface area contributed by atoms with Crippen LogP contribution in [-0.4, -0.2) is 96.2 Å². The molecule has 0 saturated carbocycles. The second-order valence-corrected chi connectivity index (χ2v) is 9.41. The molecular weight excluding hydrogens is 453 g/mol. The number of carbonyl (C=O) groups excluding carboxylic acids is 2. The van der Waals surface area contributed by atoms with E-state index in [2.05, 4.69) is 4.99 Å². The maximum absolute atomic E-state index is 13.3. The molecule has 34 heavy (non-hydrogen) atoms. The van der Waals surface area contributed by atoms with E-state index in [0.29, 0.717) is 38.5 Å². The first kappa shape index (κ1) is 27.7. The number of alkyl halides is 3. The molecule has 2 amide bonds. The zero-order chi connectivity index (χ0) is 25.7. The average Bonchev–Trinajstić information content (AvgIpc) is 2.74. The van der Waals surface area contributed by atoms with E-state index < -0.39 is 29.0 Å². The predicted molar refractivity (Wildman–Crippen MR) is 122 cm³/mol. The summed E-state index contributed by atoms with van der Waals surface area (Å²) in [5.74, 6) is 0.172. The molecule has 2 rings (SSSR count). The number of hydrogen-bond acceptors (Lipinski definition) is 6. The lowest BCUT2D eigenvalue weighted by Crippen LogP contribution is -2.62. The highest BCUT2D eigenvalue weighted by molar-refractivity contribution is 5.86. The summed E-state index contributed by atoms with van der Waals surface area (Å²) >= 11 is 0. The van der Waals surface area contributed by atoms with E-state index in [-0.39, 0.29) is 19.1 Å². The molecule has 2 aliphatic rings. The van der Waals surface area contributed by atoms with Crippen LogP contribution in [0.4, 0.5) is 18.0 Å². The van der Waals surface area contributed by atoms with Crippen molar-refractivity contribution in [1.29, 1.82) is 0 Å². The molecule has 2 fully saturated rings. The van der Waals surface area contributed by atoms with Crippen LogP contribution >= 0.6 is 0 Å². The monoisotopic (exact) mass is 488 g/mol. The SMILES string of the molecule is C\C=C(/N=C\C(=C/C)C(F)(F)F)N1CCN(C(=O)C2(C)CN(C(=O)OC(C)(C)C)CCO2)CC1. The summed E-state index contributed by atoms with van der Waals surface area (Å²) in [5.41, 5.74) is -2.67. The quantitative estimate of drug-likeness (QED) is 0.566. The third-order valence-corrected chi connectivity index (χ3v) is 5.50. The van der Waals surface area contributed by atoms with E-state index in [1.165, 1.54) is 11.8 Å². The van der Waals surface area contributed by atoms with Crippen molar-refractivity contribution in [2.45, 2.75) is 58.9 Å². The van der Waals surface area contributed by atoms with Crippen molar-refractivity contribution in [1.82, 2.24) is 14.7 Å². The van der Waals surface area contributed by atoms with Crippen LogP contribution in [0.1, 0.15) is 41.5 Å². The van der Waals surface area contributed by atoms with Gasteiger partial charge in [-0.15, -0.1) is 0 Å². The van der Waals surface area contributed by atoms with Crippen LogP contribution in [0.25, 0.3) is 0 Å². The van der Waals surface area contributed by atoms with Crippen molar-refractivity contribution in [2.24, 2.45) is 4.99 Å². The van der Waals surface area contributed by atoms with Gasteiger partial charge in [-0.3, -0.25) is 4.79 Å². The topological polar surface area (TPSA) is 74.7 Å². The van der Waals surface area contributed by atoms with Crippen LogP contribution in [-0.2, 0) is 14.3 Å². The van der Waals surface area contributed by atoms with Crippen molar-refractivity contribution in [2.75, 3.05) is 45.9 Å². The van der Waals surface area contributed by atoms with Crippen LogP contribution in [0.3, 0.4) is 0 Å². The van der Waals surface area contributed by atoms with Gasteiger partial charge >= 0.3 is 12.3 Å². The van der Waals surface area contributed by atoms with Crippen LogP contribution in [0.2, 0.25) is 0 Å². The Bertz CT molecular complexity index is 840. The van der Waals surface area contributed by atoms with Gasteiger partial charge in [0.05, 0.1) is 18.7 Å². The number of hydrogen-bond donors (Lipinski definition) is 0. The van der Waals surface area contributed by atoms with Crippen molar-refractivity contribution in [3.8, 4) is 0 Å². The Morgan fingerprint density at radius 1 is 0.971 bits per heavy atom. The maximum atomic E-state index is 13.3. The number of halogens is 3. The minimum Gasteiger partial charge on any atom is -0.444 e. The van der Waals surface area contributed by atoms with Crippen molar-refractivity contribution < 1.29 is 32.2 Å². The molecule has 8 nitrogen and oxygen atoms in total. The van der Waals surface area contributed by atoms with Gasteiger partial charge in [0.25, 0.3) is 5.91 Å². The first-order chi connectivity index (χ1) is 15.7. The third-order valence-electron chi connectivity index (χ3n) is 5.50. The number of ether oxygens (including phenoxy) is 2. The van der Waals surface area contributed by atoms with Gasteiger partial charge in [-0.2, -0.15) is 13.2 Å². The summed E-state index contributed by atoms with van der Waals surface area (Å²) < 4.78 is 50.1. The molecule has 1 unspecified atom stereocenters. The van der Waals surface area contributed by atoms with E-state index in [9.17, 15) is 22.8 Å². The Labute approximate surface area is 199 Å². The minimum absolute atomic E-state index is 0.0783. The Hall–Kier alpha value is -2.56. The lowest BCUT2D eigenvalue weighted by molar-refractivity contribution is -0.167. The Balaban J connectivity index is 2.00. The number of aliphatic imine (C=N–C) groups is 1. The van der Waals surface area contributed by atoms with E-state index in [1.54, 1.807) is 45.6 Å². The molecule has 0 aliphatic carbocycles. The van der Waals surface area contributed by atoms with Gasteiger partial charge in [0.2, 0.25) is 0 Å². The number of amides is 2. The van der Waals surface area contributed by atoms with Gasteiger partial charge in [0.1, 0.15) is 11.4 Å². The van der Waals surface area contributed by atoms with E-state index in [4.69, 9.17) is 9.47 Å².